The predicted molar refractivity (Wildman–Crippen MR) is 100 cm³/mol. The van der Waals surface area contributed by atoms with Gasteiger partial charge in [-0.15, -0.1) is 0 Å². The Kier molecular flexibility index (Phi) is 5.36. The Hall–Kier alpha value is -3.00. The lowest BCUT2D eigenvalue weighted by atomic mass is 10.1. The standard InChI is InChI=1S/C19H15BrN2O5/c1-11(17(24)21-13-8-6-12(20)7-9-13)27-16(23)10-22-18(25)14-4-2-3-5-15(14)19(22)26/h2-9,11H,10H2,1H3,(H,21,24)/t11-/m0/s1. The average Bonchev–Trinajstić information content (AvgIpc) is 2.89. The number of fused-ring (bicyclic) bond motifs is 1. The molecule has 1 aliphatic rings. The van der Waals surface area contributed by atoms with Gasteiger partial charge < -0.3 is 10.1 Å². The van der Waals surface area contributed by atoms with Gasteiger partial charge in [-0.05, 0) is 43.3 Å². The van der Waals surface area contributed by atoms with Crippen molar-refractivity contribution in [3.05, 3.63) is 64.1 Å². The first kappa shape index (κ1) is 18.8. The van der Waals surface area contributed by atoms with E-state index in [0.29, 0.717) is 5.69 Å². The van der Waals surface area contributed by atoms with Crippen molar-refractivity contribution >= 4 is 45.3 Å². The van der Waals surface area contributed by atoms with Gasteiger partial charge in [0.2, 0.25) is 0 Å². The van der Waals surface area contributed by atoms with Crippen LogP contribution < -0.4 is 5.32 Å². The van der Waals surface area contributed by atoms with Gasteiger partial charge in [-0.2, -0.15) is 0 Å². The van der Waals surface area contributed by atoms with Crippen LogP contribution in [-0.2, 0) is 14.3 Å². The van der Waals surface area contributed by atoms with Gasteiger partial charge in [-0.25, -0.2) is 0 Å². The normalized spacial score (nSPS) is 13.9. The number of imide groups is 1. The van der Waals surface area contributed by atoms with Crippen molar-refractivity contribution in [2.45, 2.75) is 13.0 Å². The van der Waals surface area contributed by atoms with Gasteiger partial charge >= 0.3 is 5.97 Å². The number of hydrogen-bond donors (Lipinski definition) is 1. The van der Waals surface area contributed by atoms with Crippen molar-refractivity contribution in [1.29, 1.82) is 0 Å². The molecule has 1 heterocycles. The number of carbonyl (C=O) groups excluding carboxylic acids is 4. The van der Waals surface area contributed by atoms with Gasteiger partial charge in [-0.1, -0.05) is 28.1 Å². The summed E-state index contributed by atoms with van der Waals surface area (Å²) in [6, 6.07) is 13.2. The summed E-state index contributed by atoms with van der Waals surface area (Å²) in [6.45, 7) is 0.858. The summed E-state index contributed by atoms with van der Waals surface area (Å²) in [6.07, 6.45) is -1.09. The van der Waals surface area contributed by atoms with Gasteiger partial charge in [0.05, 0.1) is 11.1 Å². The number of amides is 3. The number of hydrogen-bond acceptors (Lipinski definition) is 5. The number of halogens is 1. The van der Waals surface area contributed by atoms with Gasteiger partial charge in [0.25, 0.3) is 17.7 Å². The summed E-state index contributed by atoms with van der Waals surface area (Å²) < 4.78 is 5.92. The number of nitrogens with one attached hydrogen (secondary N) is 1. The van der Waals surface area contributed by atoms with E-state index in [4.69, 9.17) is 4.74 Å². The van der Waals surface area contributed by atoms with Crippen molar-refractivity contribution in [3.63, 3.8) is 0 Å². The van der Waals surface area contributed by atoms with E-state index in [1.807, 2.05) is 0 Å². The van der Waals surface area contributed by atoms with Crippen molar-refractivity contribution in [2.75, 3.05) is 11.9 Å². The maximum atomic E-state index is 12.2. The zero-order chi connectivity index (χ0) is 19.6. The Morgan fingerprint density at radius 3 is 2.15 bits per heavy atom. The van der Waals surface area contributed by atoms with Crippen molar-refractivity contribution < 1.29 is 23.9 Å². The van der Waals surface area contributed by atoms with E-state index in [2.05, 4.69) is 21.2 Å². The van der Waals surface area contributed by atoms with Gasteiger partial charge in [0.1, 0.15) is 6.54 Å². The fraction of sp³-hybridized carbons (Fsp3) is 0.158. The lowest BCUT2D eigenvalue weighted by molar-refractivity contribution is -0.153. The monoisotopic (exact) mass is 430 g/mol. The average molecular weight is 431 g/mol. The van der Waals surface area contributed by atoms with E-state index in [-0.39, 0.29) is 11.1 Å². The molecule has 1 aliphatic heterocycles. The molecule has 1 N–H and O–H groups in total. The Bertz CT molecular complexity index is 891. The van der Waals surface area contributed by atoms with Gasteiger partial charge in [0, 0.05) is 10.2 Å². The first-order valence-corrected chi connectivity index (χ1v) is 8.87. The van der Waals surface area contributed by atoms with Gasteiger partial charge in [-0.3, -0.25) is 24.1 Å². The number of benzene rings is 2. The molecule has 3 rings (SSSR count). The molecule has 0 saturated carbocycles. The van der Waals surface area contributed by atoms with Crippen molar-refractivity contribution in [2.24, 2.45) is 0 Å². The van der Waals surface area contributed by atoms with E-state index in [1.165, 1.54) is 19.1 Å². The second-order valence-corrected chi connectivity index (χ2v) is 6.79. The minimum Gasteiger partial charge on any atom is -0.451 e. The highest BCUT2D eigenvalue weighted by Crippen LogP contribution is 2.22. The Balaban J connectivity index is 1.57. The van der Waals surface area contributed by atoms with Crippen LogP contribution in [-0.4, -0.2) is 41.2 Å². The second kappa shape index (κ2) is 7.71. The van der Waals surface area contributed by atoms with E-state index >= 15 is 0 Å². The van der Waals surface area contributed by atoms with Crippen LogP contribution in [0.15, 0.2) is 53.0 Å². The molecule has 1 atom stereocenters. The molecule has 0 spiro atoms. The van der Waals surface area contributed by atoms with Crippen LogP contribution in [0.4, 0.5) is 5.69 Å². The molecule has 0 bridgehead atoms. The minimum atomic E-state index is -1.09. The third-order valence-corrected chi connectivity index (χ3v) is 4.48. The molecule has 0 unspecified atom stereocenters. The fourth-order valence-corrected chi connectivity index (χ4v) is 2.84. The highest BCUT2D eigenvalue weighted by atomic mass is 79.9. The molecule has 2 aromatic carbocycles. The molecular formula is C19H15BrN2O5. The second-order valence-electron chi connectivity index (χ2n) is 5.87. The number of carbonyl (C=O) groups is 4. The maximum Gasteiger partial charge on any atom is 0.326 e. The van der Waals surface area contributed by atoms with Crippen molar-refractivity contribution in [1.82, 2.24) is 4.90 Å². The van der Waals surface area contributed by atoms with Gasteiger partial charge in [0.15, 0.2) is 6.10 Å². The van der Waals surface area contributed by atoms with Crippen LogP contribution in [0.5, 0.6) is 0 Å². The highest BCUT2D eigenvalue weighted by Gasteiger charge is 2.37. The molecule has 0 radical (unpaired) electrons. The molecular weight excluding hydrogens is 416 g/mol. The summed E-state index contributed by atoms with van der Waals surface area (Å²) in [7, 11) is 0. The minimum absolute atomic E-state index is 0.247. The Morgan fingerprint density at radius 2 is 1.59 bits per heavy atom. The molecule has 0 saturated heterocycles. The van der Waals surface area contributed by atoms with Crippen LogP contribution in [0.1, 0.15) is 27.6 Å². The number of anilines is 1. The molecule has 2 aromatic rings. The Morgan fingerprint density at radius 1 is 1.04 bits per heavy atom. The maximum absolute atomic E-state index is 12.2. The number of ether oxygens (including phenoxy) is 1. The summed E-state index contributed by atoms with van der Waals surface area (Å²) >= 11 is 3.29. The summed E-state index contributed by atoms with van der Waals surface area (Å²) in [5, 5.41) is 2.62. The summed E-state index contributed by atoms with van der Waals surface area (Å²) in [5.74, 6) is -2.48. The van der Waals surface area contributed by atoms with Crippen LogP contribution >= 0.6 is 15.9 Å². The van der Waals surface area contributed by atoms with E-state index in [1.54, 1.807) is 36.4 Å². The molecule has 7 nitrogen and oxygen atoms in total. The topological polar surface area (TPSA) is 92.8 Å². The molecule has 0 aliphatic carbocycles. The lowest BCUT2D eigenvalue weighted by Crippen LogP contribution is -2.38. The Labute approximate surface area is 163 Å². The van der Waals surface area contributed by atoms with Crippen LogP contribution in [0.2, 0.25) is 0 Å². The van der Waals surface area contributed by atoms with E-state index in [9.17, 15) is 19.2 Å². The molecule has 0 aromatic heterocycles. The first-order chi connectivity index (χ1) is 12.9. The quantitative estimate of drug-likeness (QED) is 0.581. The zero-order valence-corrected chi connectivity index (χ0v) is 15.9. The predicted octanol–water partition coefficient (Wildman–Crippen LogP) is 2.62. The molecule has 8 heteroatoms. The van der Waals surface area contributed by atoms with E-state index in [0.717, 1.165) is 9.37 Å². The molecule has 0 fully saturated rings. The highest BCUT2D eigenvalue weighted by molar-refractivity contribution is 9.10. The summed E-state index contributed by atoms with van der Waals surface area (Å²) in [4.78, 5) is 49.5. The fourth-order valence-electron chi connectivity index (χ4n) is 2.58. The third-order valence-electron chi connectivity index (χ3n) is 3.95. The summed E-state index contributed by atoms with van der Waals surface area (Å²) in [5.41, 5.74) is 1.04. The SMILES string of the molecule is C[C@H](OC(=O)CN1C(=O)c2ccccc2C1=O)C(=O)Nc1ccc(Br)cc1. The van der Waals surface area contributed by atoms with Crippen LogP contribution in [0, 0.1) is 0 Å². The smallest absolute Gasteiger partial charge is 0.326 e. The molecule has 138 valence electrons. The van der Waals surface area contributed by atoms with Crippen LogP contribution in [0.3, 0.4) is 0 Å². The lowest BCUT2D eigenvalue weighted by Gasteiger charge is -2.16. The molecule has 27 heavy (non-hydrogen) atoms. The number of esters is 1. The van der Waals surface area contributed by atoms with E-state index < -0.39 is 36.3 Å². The molecule has 3 amide bonds. The first-order valence-electron chi connectivity index (χ1n) is 8.08. The van der Waals surface area contributed by atoms with Crippen molar-refractivity contribution in [3.8, 4) is 0 Å². The number of rotatable bonds is 5. The zero-order valence-electron chi connectivity index (χ0n) is 14.3. The number of nitrogens with zero attached hydrogens (tertiary/aromatic N) is 1. The third kappa shape index (κ3) is 4.06. The largest absolute Gasteiger partial charge is 0.451 e. The van der Waals surface area contributed by atoms with Crippen LogP contribution in [0.25, 0.3) is 0 Å².